The fraction of sp³-hybridized carbons (Fsp3) is 0.500. The highest BCUT2D eigenvalue weighted by Crippen LogP contribution is 2.45. The van der Waals surface area contributed by atoms with E-state index in [2.05, 4.69) is 0 Å². The topological polar surface area (TPSA) is 59.4 Å². The Morgan fingerprint density at radius 2 is 1.66 bits per heavy atom. The molecule has 2 fully saturated rings. The number of halogens is 5. The summed E-state index contributed by atoms with van der Waals surface area (Å²) in [5.74, 6) is -1.20. The van der Waals surface area contributed by atoms with Gasteiger partial charge in [-0.25, -0.2) is 8.78 Å². The van der Waals surface area contributed by atoms with Crippen molar-refractivity contribution in [1.82, 2.24) is 9.80 Å². The number of alkyl halides is 3. The number of ether oxygens (including phenoxy) is 1. The molecule has 0 radical (unpaired) electrons. The number of fused-ring (bicyclic) bond motifs is 1. The molecule has 2 saturated heterocycles. The van der Waals surface area contributed by atoms with Crippen LogP contribution >= 0.6 is 0 Å². The van der Waals surface area contributed by atoms with Crippen LogP contribution in [0.2, 0.25) is 0 Å². The molecule has 1 spiro atoms. The Hall–Kier alpha value is -3.25. The van der Waals surface area contributed by atoms with Gasteiger partial charge in [0.2, 0.25) is 0 Å². The van der Waals surface area contributed by atoms with E-state index in [0.717, 1.165) is 42.7 Å². The molecule has 6 rings (SSSR count). The SMILES string of the molecule is C[C@@H]1Cc2cc(OCc3ccccc3)ccc2C(c2c(F)cc(N3CCC4(CCCN(CC(O)O)CC4)C3)cc2F)N1CC(F)(F)F. The number of hydrogen-bond acceptors (Lipinski definition) is 6. The molecule has 47 heavy (non-hydrogen) atoms. The van der Waals surface area contributed by atoms with Gasteiger partial charge in [0, 0.05) is 36.9 Å². The Morgan fingerprint density at radius 1 is 0.936 bits per heavy atom. The van der Waals surface area contributed by atoms with Gasteiger partial charge in [-0.2, -0.15) is 13.2 Å². The first-order valence-corrected chi connectivity index (χ1v) is 16.3. The largest absolute Gasteiger partial charge is 0.489 e. The van der Waals surface area contributed by atoms with Gasteiger partial charge in [-0.3, -0.25) is 9.80 Å². The quantitative estimate of drug-likeness (QED) is 0.215. The molecular formula is C36H42F5N3O3. The lowest BCUT2D eigenvalue weighted by Gasteiger charge is -2.42. The van der Waals surface area contributed by atoms with E-state index in [4.69, 9.17) is 4.74 Å². The van der Waals surface area contributed by atoms with Crippen LogP contribution in [0.5, 0.6) is 5.75 Å². The predicted octanol–water partition coefficient (Wildman–Crippen LogP) is 6.44. The second-order valence-corrected chi connectivity index (χ2v) is 13.5. The monoisotopic (exact) mass is 659 g/mol. The fourth-order valence-corrected chi connectivity index (χ4v) is 7.80. The summed E-state index contributed by atoms with van der Waals surface area (Å²) in [6.07, 6.45) is -2.20. The van der Waals surface area contributed by atoms with Crippen molar-refractivity contribution < 1.29 is 36.9 Å². The summed E-state index contributed by atoms with van der Waals surface area (Å²) < 4.78 is 80.0. The lowest BCUT2D eigenvalue weighted by molar-refractivity contribution is -0.155. The van der Waals surface area contributed by atoms with Crippen LogP contribution in [0.3, 0.4) is 0 Å². The van der Waals surface area contributed by atoms with Gasteiger partial charge >= 0.3 is 6.18 Å². The van der Waals surface area contributed by atoms with Gasteiger partial charge < -0.3 is 19.8 Å². The van der Waals surface area contributed by atoms with Crippen LogP contribution in [0.15, 0.2) is 60.7 Å². The molecule has 2 N–H and O–H groups in total. The van der Waals surface area contributed by atoms with Crippen molar-refractivity contribution in [3.63, 3.8) is 0 Å². The average molecular weight is 660 g/mol. The second kappa shape index (κ2) is 13.7. The molecular weight excluding hydrogens is 617 g/mol. The second-order valence-electron chi connectivity index (χ2n) is 13.5. The first-order valence-electron chi connectivity index (χ1n) is 16.3. The number of nitrogens with zero attached hydrogens (tertiary/aromatic N) is 3. The third kappa shape index (κ3) is 7.74. The average Bonchev–Trinajstić information content (AvgIpc) is 3.33. The highest BCUT2D eigenvalue weighted by atomic mass is 19.4. The van der Waals surface area contributed by atoms with Gasteiger partial charge in [-0.05, 0) is 98.5 Å². The van der Waals surface area contributed by atoms with Crippen molar-refractivity contribution in [3.05, 3.63) is 94.6 Å². The van der Waals surface area contributed by atoms with Crippen molar-refractivity contribution in [2.45, 2.75) is 70.2 Å². The van der Waals surface area contributed by atoms with Crippen LogP contribution in [0.25, 0.3) is 0 Å². The zero-order valence-corrected chi connectivity index (χ0v) is 26.5. The van der Waals surface area contributed by atoms with Gasteiger partial charge in [0.25, 0.3) is 0 Å². The number of rotatable bonds is 8. The number of hydrogen-bond donors (Lipinski definition) is 2. The van der Waals surface area contributed by atoms with Crippen LogP contribution in [-0.4, -0.2) is 77.8 Å². The highest BCUT2D eigenvalue weighted by molar-refractivity contribution is 5.53. The van der Waals surface area contributed by atoms with Crippen molar-refractivity contribution in [2.24, 2.45) is 5.41 Å². The zero-order valence-electron chi connectivity index (χ0n) is 26.5. The molecule has 0 aromatic heterocycles. The number of β-amino-alcohol motifs (C(OH)–C–C–N with tert-alkyl or cyclic N) is 2. The molecule has 3 aliphatic heterocycles. The molecule has 6 nitrogen and oxygen atoms in total. The van der Waals surface area contributed by atoms with E-state index in [0.29, 0.717) is 48.8 Å². The first-order chi connectivity index (χ1) is 22.4. The number of likely N-dealkylation sites (tertiary alicyclic amines) is 1. The van der Waals surface area contributed by atoms with E-state index in [1.807, 2.05) is 40.1 Å². The molecule has 2 unspecified atom stereocenters. The standard InChI is InChI=1S/C36H42F5N3O3/c1-24-16-26-17-28(47-21-25-6-3-2-4-7-25)8-9-29(26)34(44(24)23-36(39,40)41)33-30(37)18-27(19-31(33)38)43-15-12-35(22-43)10-5-13-42(14-11-35)20-32(45)46/h2-4,6-9,17-19,24,32,34,45-46H,5,10-16,20-23H2,1H3/t24-,34?,35?/m1/s1. The minimum absolute atomic E-state index is 0.0533. The third-order valence-electron chi connectivity index (χ3n) is 10.1. The Bertz CT molecular complexity index is 1510. The maximum absolute atomic E-state index is 16.2. The van der Waals surface area contributed by atoms with Gasteiger partial charge in [0.15, 0.2) is 6.29 Å². The van der Waals surface area contributed by atoms with Gasteiger partial charge in [-0.15, -0.1) is 0 Å². The molecule has 0 saturated carbocycles. The Morgan fingerprint density at radius 3 is 2.36 bits per heavy atom. The van der Waals surface area contributed by atoms with E-state index in [-0.39, 0.29) is 23.9 Å². The zero-order chi connectivity index (χ0) is 33.3. The summed E-state index contributed by atoms with van der Waals surface area (Å²) in [7, 11) is 0. The van der Waals surface area contributed by atoms with E-state index in [9.17, 15) is 23.4 Å². The normalized spacial score (nSPS) is 24.1. The van der Waals surface area contributed by atoms with Crippen LogP contribution in [0.4, 0.5) is 27.6 Å². The van der Waals surface area contributed by atoms with Crippen LogP contribution in [0, 0.1) is 17.0 Å². The third-order valence-corrected chi connectivity index (χ3v) is 10.1. The summed E-state index contributed by atoms with van der Waals surface area (Å²) >= 11 is 0. The molecule has 0 amide bonds. The number of anilines is 1. The molecule has 3 atom stereocenters. The molecule has 3 aromatic rings. The molecule has 3 aliphatic rings. The van der Waals surface area contributed by atoms with E-state index in [1.54, 1.807) is 25.1 Å². The maximum Gasteiger partial charge on any atom is 0.401 e. The van der Waals surface area contributed by atoms with Gasteiger partial charge in [-0.1, -0.05) is 36.4 Å². The lowest BCUT2D eigenvalue weighted by atomic mass is 9.80. The van der Waals surface area contributed by atoms with Gasteiger partial charge in [0.05, 0.1) is 12.6 Å². The molecule has 11 heteroatoms. The van der Waals surface area contributed by atoms with E-state index < -0.39 is 42.7 Å². The number of aliphatic hydroxyl groups is 2. The van der Waals surface area contributed by atoms with E-state index >= 15 is 8.78 Å². The fourth-order valence-electron chi connectivity index (χ4n) is 7.80. The van der Waals surface area contributed by atoms with Crippen LogP contribution in [-0.2, 0) is 13.0 Å². The Kier molecular flexibility index (Phi) is 9.81. The predicted molar refractivity (Wildman–Crippen MR) is 169 cm³/mol. The van der Waals surface area contributed by atoms with Crippen molar-refractivity contribution in [2.75, 3.05) is 44.2 Å². The highest BCUT2D eigenvalue weighted by Gasteiger charge is 2.44. The Labute approximate surface area is 272 Å². The van der Waals surface area contributed by atoms with Crippen molar-refractivity contribution >= 4 is 5.69 Å². The molecule has 3 aromatic carbocycles. The number of aliphatic hydroxyl groups excluding tert-OH is 1. The summed E-state index contributed by atoms with van der Waals surface area (Å²) in [6, 6.07) is 15.3. The number of benzene rings is 3. The minimum atomic E-state index is -4.57. The molecule has 254 valence electrons. The molecule has 3 heterocycles. The van der Waals surface area contributed by atoms with Crippen LogP contribution < -0.4 is 9.64 Å². The minimum Gasteiger partial charge on any atom is -0.489 e. The van der Waals surface area contributed by atoms with Crippen molar-refractivity contribution in [3.8, 4) is 5.75 Å². The summed E-state index contributed by atoms with van der Waals surface area (Å²) in [5.41, 5.74) is 2.04. The van der Waals surface area contributed by atoms with Gasteiger partial charge in [0.1, 0.15) is 24.0 Å². The molecule has 0 aliphatic carbocycles. The maximum atomic E-state index is 16.2. The van der Waals surface area contributed by atoms with E-state index in [1.165, 1.54) is 12.1 Å². The first kappa shape index (κ1) is 33.6. The summed E-state index contributed by atoms with van der Waals surface area (Å²) in [6.45, 7) is 3.53. The van der Waals surface area contributed by atoms with Crippen LogP contribution in [0.1, 0.15) is 60.9 Å². The Balaban J connectivity index is 1.27. The van der Waals surface area contributed by atoms with Crippen molar-refractivity contribution in [1.29, 1.82) is 0 Å². The summed E-state index contributed by atoms with van der Waals surface area (Å²) in [4.78, 5) is 5.15. The lowest BCUT2D eigenvalue weighted by Crippen LogP contribution is -2.47. The molecule has 0 bridgehead atoms. The smallest absolute Gasteiger partial charge is 0.401 e. The summed E-state index contributed by atoms with van der Waals surface area (Å²) in [5, 5.41) is 18.8.